The van der Waals surface area contributed by atoms with E-state index in [1.807, 2.05) is 41.6 Å². The minimum atomic E-state index is -0.212. The Kier molecular flexibility index (Phi) is 22.5. The number of ether oxygens (including phenoxy) is 8. The molecule has 1 heterocycles. The lowest BCUT2D eigenvalue weighted by Crippen LogP contribution is -2.28. The van der Waals surface area contributed by atoms with Gasteiger partial charge in [-0.2, -0.15) is 5.10 Å². The van der Waals surface area contributed by atoms with Gasteiger partial charge in [0.15, 0.2) is 0 Å². The van der Waals surface area contributed by atoms with Gasteiger partial charge in [0.25, 0.3) is 0 Å². The van der Waals surface area contributed by atoms with Crippen molar-refractivity contribution < 1.29 is 57.7 Å². The lowest BCUT2D eigenvalue weighted by molar-refractivity contribution is -0.141. The van der Waals surface area contributed by atoms with Crippen LogP contribution in [0.1, 0.15) is 90.4 Å². The Morgan fingerprint density at radius 1 is 0.653 bits per heavy atom. The van der Waals surface area contributed by atoms with Crippen LogP contribution in [0.15, 0.2) is 102 Å². The van der Waals surface area contributed by atoms with E-state index in [4.69, 9.17) is 58.2 Å². The van der Waals surface area contributed by atoms with E-state index >= 15 is 0 Å². The van der Waals surface area contributed by atoms with E-state index in [9.17, 15) is 9.59 Å². The van der Waals surface area contributed by atoms with Gasteiger partial charge >= 0.3 is 11.9 Å². The van der Waals surface area contributed by atoms with E-state index in [-0.39, 0.29) is 56.1 Å². The van der Waals surface area contributed by atoms with Crippen molar-refractivity contribution in [3.8, 4) is 23.0 Å². The second-order valence-electron chi connectivity index (χ2n) is 18.6. The summed E-state index contributed by atoms with van der Waals surface area (Å²) < 4.78 is 47.6. The standard InChI is InChI=1S/C56H73N3O12S/c1-2-3-4-7-28-59(56-58-51-8-5-6-9-53(51)72-56)57-38-45-37-50(68-39-41-10-14-43(15-11-41)54(62)70-48-22-18-46(19-23-48)66-35-33-64-31-29-60)26-27-52(45)69-40-42-12-16-44(17-13-42)55(63)71-49-24-20-47(21-25-49)67-36-34-65-32-30-61/h5-6,8-9,18-27,38,41-45,60-61H,2-4,7,10-17,28-37,39-40H2,1H3/b57-38+. The summed E-state index contributed by atoms with van der Waals surface area (Å²) in [6, 6.07) is 22.2. The first-order valence-corrected chi connectivity index (χ1v) is 26.8. The molecule has 0 radical (unpaired) electrons. The van der Waals surface area contributed by atoms with Crippen LogP contribution in [0.2, 0.25) is 0 Å². The predicted molar refractivity (Wildman–Crippen MR) is 278 cm³/mol. The largest absolute Gasteiger partial charge is 0.498 e. The average molecular weight is 1010 g/mol. The maximum absolute atomic E-state index is 13.2. The molecule has 3 aromatic carbocycles. The molecule has 0 aliphatic heterocycles. The number of allylic oxidation sites excluding steroid dienone is 4. The number of hydrogen-bond donors (Lipinski definition) is 2. The number of para-hydroxylation sites is 1. The summed E-state index contributed by atoms with van der Waals surface area (Å²) in [5.41, 5.74) is 0.966. The fourth-order valence-corrected chi connectivity index (χ4v) is 9.99. The van der Waals surface area contributed by atoms with Gasteiger partial charge in [-0.15, -0.1) is 0 Å². The molecule has 4 aromatic rings. The van der Waals surface area contributed by atoms with Gasteiger partial charge in [0, 0.05) is 19.2 Å². The number of carbonyl (C=O) groups is 2. The topological polar surface area (TPSA) is 177 Å². The molecular formula is C56H73N3O12S. The highest BCUT2D eigenvalue weighted by Crippen LogP contribution is 2.36. The normalized spacial score (nSPS) is 20.1. The van der Waals surface area contributed by atoms with Crippen molar-refractivity contribution in [2.45, 2.75) is 90.4 Å². The van der Waals surface area contributed by atoms with Crippen molar-refractivity contribution in [2.75, 3.05) is 77.6 Å². The number of rotatable bonds is 30. The number of aliphatic hydroxyl groups excluding tert-OH is 2. The molecule has 0 bridgehead atoms. The number of carbonyl (C=O) groups excluding carboxylic acids is 2. The van der Waals surface area contributed by atoms with Crippen LogP contribution in [0.3, 0.4) is 0 Å². The molecule has 3 aliphatic carbocycles. The Bertz CT molecular complexity index is 2290. The zero-order valence-electron chi connectivity index (χ0n) is 41.7. The molecule has 2 fully saturated rings. The first-order chi connectivity index (χ1) is 35.4. The van der Waals surface area contributed by atoms with Gasteiger partial charge in [-0.1, -0.05) is 49.7 Å². The van der Waals surface area contributed by atoms with Gasteiger partial charge in [0.05, 0.1) is 86.6 Å². The number of esters is 2. The lowest BCUT2D eigenvalue weighted by Gasteiger charge is -2.30. The number of thiazole rings is 1. The molecular weight excluding hydrogens is 939 g/mol. The van der Waals surface area contributed by atoms with E-state index in [2.05, 4.69) is 13.0 Å². The van der Waals surface area contributed by atoms with Crippen LogP contribution < -0.4 is 24.0 Å². The lowest BCUT2D eigenvalue weighted by atomic mass is 9.82. The van der Waals surface area contributed by atoms with Crippen molar-refractivity contribution in [3.63, 3.8) is 0 Å². The zero-order valence-corrected chi connectivity index (χ0v) is 42.6. The summed E-state index contributed by atoms with van der Waals surface area (Å²) in [6.45, 7) is 6.07. The van der Waals surface area contributed by atoms with Crippen molar-refractivity contribution >= 4 is 44.8 Å². The molecule has 0 saturated heterocycles. The number of hydrogen-bond acceptors (Lipinski definition) is 16. The van der Waals surface area contributed by atoms with Crippen molar-refractivity contribution in [3.05, 3.63) is 96.5 Å². The van der Waals surface area contributed by atoms with E-state index in [0.29, 0.717) is 80.9 Å². The Balaban J connectivity index is 0.916. The second kappa shape index (κ2) is 29.9. The number of unbranched alkanes of at least 4 members (excludes halogenated alkanes) is 3. The number of hydrazone groups is 1. The molecule has 390 valence electrons. The molecule has 3 aliphatic rings. The van der Waals surface area contributed by atoms with Gasteiger partial charge in [-0.25, -0.2) is 9.99 Å². The minimum Gasteiger partial charge on any atom is -0.498 e. The van der Waals surface area contributed by atoms with Crippen molar-refractivity contribution in [1.29, 1.82) is 0 Å². The first kappa shape index (κ1) is 54.3. The number of aromatic nitrogens is 1. The highest BCUT2D eigenvalue weighted by Gasteiger charge is 2.31. The van der Waals surface area contributed by atoms with E-state index in [1.54, 1.807) is 59.9 Å². The Morgan fingerprint density at radius 2 is 1.21 bits per heavy atom. The number of nitrogens with zero attached hydrogens (tertiary/aromatic N) is 3. The molecule has 1 atom stereocenters. The third kappa shape index (κ3) is 17.6. The van der Waals surface area contributed by atoms with Gasteiger partial charge < -0.3 is 48.1 Å². The molecule has 0 amide bonds. The molecule has 1 aromatic heterocycles. The van der Waals surface area contributed by atoms with E-state index < -0.39 is 0 Å². The van der Waals surface area contributed by atoms with Crippen LogP contribution in [-0.4, -0.2) is 106 Å². The second-order valence-corrected chi connectivity index (χ2v) is 19.6. The molecule has 16 heteroatoms. The van der Waals surface area contributed by atoms with E-state index in [1.165, 1.54) is 6.42 Å². The first-order valence-electron chi connectivity index (χ1n) is 26.0. The minimum absolute atomic E-state index is 0.0243. The van der Waals surface area contributed by atoms with Crippen LogP contribution >= 0.6 is 11.3 Å². The molecule has 15 nitrogen and oxygen atoms in total. The van der Waals surface area contributed by atoms with Crippen LogP contribution in [0.25, 0.3) is 10.2 Å². The van der Waals surface area contributed by atoms with Gasteiger partial charge in [-0.3, -0.25) is 9.59 Å². The van der Waals surface area contributed by atoms with Crippen LogP contribution in [-0.2, 0) is 28.5 Å². The maximum atomic E-state index is 13.2. The number of aliphatic hydroxyl groups is 2. The number of anilines is 1. The molecule has 7 rings (SSSR count). The molecule has 1 unspecified atom stereocenters. The SMILES string of the molecule is CCCCCCN(/N=C/C1CC(OCC2CCC(C(=O)Oc3ccc(OCCOCCO)cc3)CC2)=CC=C1OCC1CCC(C(=O)Oc2ccc(OCCOCCO)cc2)CC1)c1nc2ccccc2s1. The summed E-state index contributed by atoms with van der Waals surface area (Å²) in [4.78, 5) is 31.3. The highest BCUT2D eigenvalue weighted by atomic mass is 32.1. The van der Waals surface area contributed by atoms with Crippen LogP contribution in [0.4, 0.5) is 5.13 Å². The molecule has 2 saturated carbocycles. The van der Waals surface area contributed by atoms with Crippen LogP contribution in [0, 0.1) is 29.6 Å². The van der Waals surface area contributed by atoms with Crippen molar-refractivity contribution in [2.24, 2.45) is 34.7 Å². The zero-order chi connectivity index (χ0) is 50.2. The maximum Gasteiger partial charge on any atom is 0.314 e. The fraction of sp³-hybridized carbons (Fsp3) is 0.536. The van der Waals surface area contributed by atoms with Crippen molar-refractivity contribution in [1.82, 2.24) is 4.98 Å². The quantitative estimate of drug-likeness (QED) is 0.0166. The van der Waals surface area contributed by atoms with Gasteiger partial charge in [0.2, 0.25) is 5.13 Å². The third-order valence-electron chi connectivity index (χ3n) is 13.2. The number of fused-ring (bicyclic) bond motifs is 1. The summed E-state index contributed by atoms with van der Waals surface area (Å²) in [5, 5.41) is 25.7. The summed E-state index contributed by atoms with van der Waals surface area (Å²) in [5.74, 6) is 3.71. The number of benzene rings is 3. The monoisotopic (exact) mass is 1010 g/mol. The van der Waals surface area contributed by atoms with Gasteiger partial charge in [-0.05, 0) is 142 Å². The average Bonchev–Trinajstić information content (AvgIpc) is 3.85. The van der Waals surface area contributed by atoms with Gasteiger partial charge in [0.1, 0.15) is 42.0 Å². The summed E-state index contributed by atoms with van der Waals surface area (Å²) >= 11 is 1.65. The Hall–Kier alpha value is -5.52. The smallest absolute Gasteiger partial charge is 0.314 e. The Labute approximate surface area is 428 Å². The Morgan fingerprint density at radius 3 is 1.76 bits per heavy atom. The van der Waals surface area contributed by atoms with Crippen LogP contribution in [0.5, 0.6) is 23.0 Å². The molecule has 0 spiro atoms. The fourth-order valence-electron chi connectivity index (χ4n) is 9.04. The predicted octanol–water partition coefficient (Wildman–Crippen LogP) is 10.1. The third-order valence-corrected chi connectivity index (χ3v) is 14.3. The van der Waals surface area contributed by atoms with E-state index in [0.717, 1.165) is 104 Å². The molecule has 2 N–H and O–H groups in total. The molecule has 72 heavy (non-hydrogen) atoms. The highest BCUT2D eigenvalue weighted by molar-refractivity contribution is 7.22. The summed E-state index contributed by atoms with van der Waals surface area (Å²) in [6.07, 6.45) is 17.5. The summed E-state index contributed by atoms with van der Waals surface area (Å²) in [7, 11) is 0.